The normalized spacial score (nSPS) is 20.4. The molecule has 0 bridgehead atoms. The lowest BCUT2D eigenvalue weighted by Crippen LogP contribution is -2.08. The van der Waals surface area contributed by atoms with Crippen LogP contribution in [-0.2, 0) is 9.40 Å². The molecule has 1 unspecified atom stereocenters. The van der Waals surface area contributed by atoms with Crippen LogP contribution in [0.25, 0.3) is 0 Å². The van der Waals surface area contributed by atoms with Crippen LogP contribution in [0.5, 0.6) is 0 Å². The van der Waals surface area contributed by atoms with Gasteiger partial charge >= 0.3 is 7.60 Å². The van der Waals surface area contributed by atoms with Crippen LogP contribution >= 0.6 is 7.60 Å². The molecule has 5 nitrogen and oxygen atoms in total. The molecule has 1 aromatic rings. The van der Waals surface area contributed by atoms with Crippen molar-refractivity contribution in [2.45, 2.75) is 12.3 Å². The molecule has 7 heteroatoms. The Bertz CT molecular complexity index is 467. The number of halogens is 1. The van der Waals surface area contributed by atoms with E-state index in [2.05, 4.69) is 9.99 Å². The molecule has 1 atom stereocenters. The molecule has 0 radical (unpaired) electrons. The van der Waals surface area contributed by atoms with Gasteiger partial charge in [-0.15, -0.1) is 0 Å². The van der Waals surface area contributed by atoms with Gasteiger partial charge in [0.05, 0.1) is 5.71 Å². The van der Waals surface area contributed by atoms with E-state index in [1.165, 1.54) is 24.3 Å². The van der Waals surface area contributed by atoms with Crippen molar-refractivity contribution in [3.05, 3.63) is 35.6 Å². The van der Waals surface area contributed by atoms with Crippen LogP contribution in [0.4, 0.5) is 4.39 Å². The highest BCUT2D eigenvalue weighted by molar-refractivity contribution is 7.52. The number of oxime groups is 1. The lowest BCUT2D eigenvalue weighted by atomic mass is 10.1. The van der Waals surface area contributed by atoms with Crippen molar-refractivity contribution in [2.75, 3.05) is 0 Å². The van der Waals surface area contributed by atoms with E-state index in [9.17, 15) is 8.96 Å². The molecule has 0 aliphatic carbocycles. The van der Waals surface area contributed by atoms with Gasteiger partial charge in [-0.2, -0.15) is 0 Å². The average molecular weight is 245 g/mol. The van der Waals surface area contributed by atoms with Gasteiger partial charge in [0.2, 0.25) is 5.85 Å². The summed E-state index contributed by atoms with van der Waals surface area (Å²) in [5.74, 6) is -1.61. The van der Waals surface area contributed by atoms with Gasteiger partial charge in [-0.1, -0.05) is 17.3 Å². The summed E-state index contributed by atoms with van der Waals surface area (Å²) in [5.41, 5.74) is 1.01. The first-order chi connectivity index (χ1) is 7.47. The molecule has 1 aromatic carbocycles. The minimum atomic E-state index is -4.29. The third-order valence-electron chi connectivity index (χ3n) is 2.21. The average Bonchev–Trinajstić information content (AvgIpc) is 2.67. The number of benzene rings is 1. The largest absolute Gasteiger partial charge is 0.379 e. The Balaban J connectivity index is 2.15. The van der Waals surface area contributed by atoms with Crippen LogP contribution in [0.1, 0.15) is 12.0 Å². The molecule has 86 valence electrons. The Morgan fingerprint density at radius 3 is 2.50 bits per heavy atom. The molecule has 2 rings (SSSR count). The second kappa shape index (κ2) is 3.97. The van der Waals surface area contributed by atoms with Crippen LogP contribution in [0.2, 0.25) is 0 Å². The van der Waals surface area contributed by atoms with E-state index in [1.54, 1.807) is 0 Å². The summed E-state index contributed by atoms with van der Waals surface area (Å²) in [7, 11) is -4.29. The monoisotopic (exact) mass is 245 g/mol. The number of rotatable bonds is 2. The van der Waals surface area contributed by atoms with Gasteiger partial charge in [-0.3, -0.25) is 4.57 Å². The summed E-state index contributed by atoms with van der Waals surface area (Å²) in [4.78, 5) is 22.4. The van der Waals surface area contributed by atoms with Crippen LogP contribution in [0, 0.1) is 5.82 Å². The molecule has 1 aliphatic heterocycles. The first-order valence-electron chi connectivity index (χ1n) is 4.50. The highest BCUT2D eigenvalue weighted by Gasteiger charge is 2.36. The van der Waals surface area contributed by atoms with Gasteiger partial charge < -0.3 is 14.6 Å². The molecule has 1 aliphatic rings. The van der Waals surface area contributed by atoms with Gasteiger partial charge in [-0.25, -0.2) is 4.39 Å². The summed E-state index contributed by atoms with van der Waals surface area (Å²) < 4.78 is 23.5. The third-order valence-corrected chi connectivity index (χ3v) is 3.23. The molecule has 0 spiro atoms. The zero-order valence-corrected chi connectivity index (χ0v) is 8.97. The topological polar surface area (TPSA) is 79.1 Å². The summed E-state index contributed by atoms with van der Waals surface area (Å²) >= 11 is 0. The smallest absolute Gasteiger partial charge is 0.368 e. The minimum absolute atomic E-state index is 0.0237. The van der Waals surface area contributed by atoms with Gasteiger partial charge in [-0.05, 0) is 17.7 Å². The van der Waals surface area contributed by atoms with E-state index < -0.39 is 13.4 Å². The number of hydrogen-bond acceptors (Lipinski definition) is 3. The summed E-state index contributed by atoms with van der Waals surface area (Å²) in [5, 5.41) is 3.59. The molecule has 0 saturated carbocycles. The Hall–Kier alpha value is -1.23. The van der Waals surface area contributed by atoms with Gasteiger partial charge in [0.25, 0.3) is 0 Å². The van der Waals surface area contributed by atoms with Crippen molar-refractivity contribution in [2.24, 2.45) is 5.16 Å². The maximum atomic E-state index is 12.6. The van der Waals surface area contributed by atoms with E-state index in [1.807, 2.05) is 0 Å². The van der Waals surface area contributed by atoms with Crippen LogP contribution in [-0.4, -0.2) is 21.3 Å². The number of hydrogen-bond donors (Lipinski definition) is 2. The minimum Gasteiger partial charge on any atom is -0.379 e. The highest BCUT2D eigenvalue weighted by Crippen LogP contribution is 2.46. The molecular formula is C9H9FNO4P. The lowest BCUT2D eigenvalue weighted by molar-refractivity contribution is 0.117. The van der Waals surface area contributed by atoms with Crippen molar-refractivity contribution in [1.82, 2.24) is 0 Å². The van der Waals surface area contributed by atoms with Gasteiger partial charge in [0, 0.05) is 6.42 Å². The highest BCUT2D eigenvalue weighted by atomic mass is 31.2. The Kier molecular flexibility index (Phi) is 2.80. The van der Waals surface area contributed by atoms with Crippen LogP contribution < -0.4 is 0 Å². The lowest BCUT2D eigenvalue weighted by Gasteiger charge is -2.08. The Morgan fingerprint density at radius 1 is 1.38 bits per heavy atom. The molecular weight excluding hydrogens is 236 g/mol. The fraction of sp³-hybridized carbons (Fsp3) is 0.222. The van der Waals surface area contributed by atoms with Gasteiger partial charge in [0.1, 0.15) is 5.82 Å². The van der Waals surface area contributed by atoms with E-state index in [0.29, 0.717) is 11.3 Å². The third kappa shape index (κ3) is 2.29. The first kappa shape index (κ1) is 11.3. The molecule has 0 fully saturated rings. The second-order valence-electron chi connectivity index (χ2n) is 3.40. The second-order valence-corrected chi connectivity index (χ2v) is 5.15. The molecule has 0 amide bonds. The predicted molar refractivity (Wildman–Crippen MR) is 54.5 cm³/mol. The quantitative estimate of drug-likeness (QED) is 0.773. The molecule has 1 heterocycles. The molecule has 0 aromatic heterocycles. The molecule has 16 heavy (non-hydrogen) atoms. The first-order valence-corrected chi connectivity index (χ1v) is 6.19. The Labute approximate surface area is 90.7 Å². The van der Waals surface area contributed by atoms with Crippen molar-refractivity contribution < 1.29 is 23.6 Å². The van der Waals surface area contributed by atoms with Gasteiger partial charge in [0.15, 0.2) is 0 Å². The van der Waals surface area contributed by atoms with Crippen LogP contribution in [0.3, 0.4) is 0 Å². The van der Waals surface area contributed by atoms with E-state index >= 15 is 0 Å². The molecule has 0 saturated heterocycles. The van der Waals surface area contributed by atoms with E-state index in [-0.39, 0.29) is 12.2 Å². The van der Waals surface area contributed by atoms with Crippen molar-refractivity contribution in [1.29, 1.82) is 0 Å². The fourth-order valence-corrected chi connectivity index (χ4v) is 1.94. The van der Waals surface area contributed by atoms with Crippen molar-refractivity contribution in [3.8, 4) is 0 Å². The summed E-state index contributed by atoms with van der Waals surface area (Å²) in [6.45, 7) is 0. The zero-order valence-electron chi connectivity index (χ0n) is 8.08. The fourth-order valence-electron chi connectivity index (χ4n) is 1.36. The van der Waals surface area contributed by atoms with E-state index in [4.69, 9.17) is 9.79 Å². The standard InChI is InChI=1S/C9H9FNO4P/c10-7-3-1-6(2-4-7)8-5-9(15-11-8)16(12,13)14/h1-4,9H,5H2,(H2,12,13,14). The van der Waals surface area contributed by atoms with Crippen LogP contribution in [0.15, 0.2) is 29.4 Å². The van der Waals surface area contributed by atoms with E-state index in [0.717, 1.165) is 0 Å². The maximum Gasteiger partial charge on any atom is 0.368 e. The van der Waals surface area contributed by atoms with Crippen molar-refractivity contribution in [3.63, 3.8) is 0 Å². The predicted octanol–water partition coefficient (Wildman–Crippen LogP) is 1.45. The van der Waals surface area contributed by atoms with Crippen molar-refractivity contribution >= 4 is 13.3 Å². The SMILES string of the molecule is O=P(O)(O)C1CC(c2ccc(F)cc2)=NO1. The summed E-state index contributed by atoms with van der Waals surface area (Å²) in [6, 6.07) is 5.48. The maximum absolute atomic E-state index is 12.6. The summed E-state index contributed by atoms with van der Waals surface area (Å²) in [6.07, 6.45) is 0.0237. The molecule has 2 N–H and O–H groups in total. The Morgan fingerprint density at radius 2 is 2.00 bits per heavy atom. The zero-order chi connectivity index (χ0) is 11.8. The number of nitrogens with zero attached hydrogens (tertiary/aromatic N) is 1.